The number of unbranched alkanes of at least 4 members (excludes halogenated alkanes) is 5. The molecule has 3 fully saturated rings. The summed E-state index contributed by atoms with van der Waals surface area (Å²) in [5.74, 6) is 6.81. The van der Waals surface area contributed by atoms with Crippen molar-refractivity contribution in [2.75, 3.05) is 43.5 Å². The maximum atomic E-state index is 13.4. The molecule has 1 saturated carbocycles. The van der Waals surface area contributed by atoms with Crippen molar-refractivity contribution in [1.29, 1.82) is 0 Å². The molecule has 1 unspecified atom stereocenters. The first-order valence-corrected chi connectivity index (χ1v) is 23.9. The van der Waals surface area contributed by atoms with E-state index in [0.717, 1.165) is 92.0 Å². The number of hydrogen-bond acceptors (Lipinski definition) is 11. The number of rotatable bonds is 15. The lowest BCUT2D eigenvalue weighted by atomic mass is 9.90. The highest BCUT2D eigenvalue weighted by Crippen LogP contribution is 2.34. The quantitative estimate of drug-likeness (QED) is 0.0716. The Bertz CT molecular complexity index is 2650. The zero-order valence-corrected chi connectivity index (χ0v) is 38.8. The van der Waals surface area contributed by atoms with E-state index in [0.29, 0.717) is 80.6 Å². The number of nitrogens with zero attached hydrogens (tertiary/aromatic N) is 6. The zero-order chi connectivity index (χ0) is 47.0. The number of carbonyl (C=O) groups excluding carboxylic acids is 5. The number of benzene rings is 2. The highest BCUT2D eigenvalue weighted by molar-refractivity contribution is 6.05. The SMILES string of the molecule is CCC(=O)NC1CCC(n2c(=O)cc(C)c3cnc(Nc4ccc(N5CCN(C(=O)CCCCCCCC#Cc6cccc7c6CN(C6CCC(=O)NC6=O)C7=O)CC5)cc4OC)nc32)CC1. The summed E-state index contributed by atoms with van der Waals surface area (Å²) in [6.07, 6.45) is 12.0. The summed E-state index contributed by atoms with van der Waals surface area (Å²) in [5.41, 5.74) is 5.20. The van der Waals surface area contributed by atoms with Crippen LogP contribution in [0.15, 0.2) is 53.5 Å². The van der Waals surface area contributed by atoms with E-state index in [2.05, 4.69) is 37.7 Å². The van der Waals surface area contributed by atoms with Crippen LogP contribution in [0.5, 0.6) is 5.75 Å². The van der Waals surface area contributed by atoms with E-state index in [9.17, 15) is 28.8 Å². The number of amides is 5. The molecule has 8 rings (SSSR count). The molecular weight excluding hydrogens is 851 g/mol. The Labute approximate surface area is 391 Å². The summed E-state index contributed by atoms with van der Waals surface area (Å²) >= 11 is 0. The number of piperidine rings is 1. The van der Waals surface area contributed by atoms with Gasteiger partial charge in [-0.3, -0.25) is 38.7 Å². The number of imide groups is 1. The average molecular weight is 912 g/mol. The number of anilines is 3. The van der Waals surface area contributed by atoms with Crippen LogP contribution in [0.2, 0.25) is 0 Å². The molecule has 5 amide bonds. The third-order valence-corrected chi connectivity index (χ3v) is 13.7. The molecule has 5 heterocycles. The molecule has 4 aliphatic rings. The van der Waals surface area contributed by atoms with E-state index in [1.54, 1.807) is 34.9 Å². The summed E-state index contributed by atoms with van der Waals surface area (Å²) < 4.78 is 7.62. The molecule has 3 aliphatic heterocycles. The third kappa shape index (κ3) is 10.8. The highest BCUT2D eigenvalue weighted by atomic mass is 16.5. The van der Waals surface area contributed by atoms with Gasteiger partial charge in [-0.25, -0.2) is 4.98 Å². The van der Waals surface area contributed by atoms with Crippen molar-refractivity contribution in [1.82, 2.24) is 35.0 Å². The standard InChI is InChI=1S/C51H61N9O7/c1-4-44(61)53-35-17-19-36(20-18-35)60-47(64)29-33(2)39-31-52-51(56-48(39)60)54-41-22-21-37(30-43(41)67-3)57-25-27-58(28-26-57)46(63)16-11-9-7-5-6-8-10-13-34-14-12-15-38-40(34)32-59(50(38)66)42-23-24-45(62)55-49(42)65/h12,14-15,21-22,29-31,35-36,42H,4-9,11,16-20,23-28,32H2,1-3H3,(H,53,61)(H,52,54,56)(H,55,62,65). The number of piperazine rings is 1. The van der Waals surface area contributed by atoms with E-state index >= 15 is 0 Å². The molecule has 0 radical (unpaired) electrons. The predicted molar refractivity (Wildman–Crippen MR) is 255 cm³/mol. The molecule has 352 valence electrons. The number of aromatic nitrogens is 3. The van der Waals surface area contributed by atoms with E-state index in [1.165, 1.54) is 0 Å². The Kier molecular flexibility index (Phi) is 14.8. The number of ether oxygens (including phenoxy) is 1. The Morgan fingerprint density at radius 1 is 0.925 bits per heavy atom. The minimum atomic E-state index is -0.647. The van der Waals surface area contributed by atoms with Gasteiger partial charge in [0.1, 0.15) is 17.4 Å². The Hall–Kier alpha value is -6.76. The normalized spacial score (nSPS) is 19.4. The fraction of sp³-hybridized carbons (Fsp3) is 0.490. The first-order valence-electron chi connectivity index (χ1n) is 23.9. The van der Waals surface area contributed by atoms with Gasteiger partial charge in [-0.05, 0) is 87.3 Å². The first kappa shape index (κ1) is 46.8. The maximum absolute atomic E-state index is 13.4. The van der Waals surface area contributed by atoms with Crippen molar-refractivity contribution in [3.63, 3.8) is 0 Å². The molecule has 2 saturated heterocycles. The topological polar surface area (TPSA) is 188 Å². The second-order valence-electron chi connectivity index (χ2n) is 18.1. The van der Waals surface area contributed by atoms with Crippen LogP contribution in [-0.4, -0.2) is 99.2 Å². The number of carbonyl (C=O) groups is 5. The molecule has 1 aliphatic carbocycles. The van der Waals surface area contributed by atoms with E-state index in [-0.39, 0.29) is 47.7 Å². The third-order valence-electron chi connectivity index (χ3n) is 13.7. The monoisotopic (exact) mass is 911 g/mol. The molecular formula is C51H61N9O7. The number of pyridine rings is 1. The lowest BCUT2D eigenvalue weighted by Crippen LogP contribution is -2.52. The predicted octanol–water partition coefficient (Wildman–Crippen LogP) is 6.05. The Morgan fingerprint density at radius 2 is 1.70 bits per heavy atom. The van der Waals surface area contributed by atoms with Crippen LogP contribution in [0.25, 0.3) is 11.0 Å². The number of methoxy groups -OCH3 is 1. The molecule has 67 heavy (non-hydrogen) atoms. The van der Waals surface area contributed by atoms with Crippen LogP contribution in [-0.2, 0) is 25.7 Å². The lowest BCUT2D eigenvalue weighted by Gasteiger charge is -2.36. The second-order valence-corrected chi connectivity index (χ2v) is 18.1. The van der Waals surface area contributed by atoms with Gasteiger partial charge in [-0.15, -0.1) is 0 Å². The van der Waals surface area contributed by atoms with Crippen molar-refractivity contribution in [2.45, 2.75) is 128 Å². The van der Waals surface area contributed by atoms with Crippen molar-refractivity contribution in [3.05, 3.63) is 81.3 Å². The van der Waals surface area contributed by atoms with E-state index < -0.39 is 11.9 Å². The van der Waals surface area contributed by atoms with Crippen LogP contribution in [0.4, 0.5) is 17.3 Å². The summed E-state index contributed by atoms with van der Waals surface area (Å²) in [6, 6.07) is 12.6. The van der Waals surface area contributed by atoms with Crippen LogP contribution >= 0.6 is 0 Å². The molecule has 0 spiro atoms. The van der Waals surface area contributed by atoms with Gasteiger partial charge in [0.25, 0.3) is 11.5 Å². The summed E-state index contributed by atoms with van der Waals surface area (Å²) in [5, 5.41) is 9.59. The number of nitrogens with one attached hydrogen (secondary N) is 3. The van der Waals surface area contributed by atoms with Crippen LogP contribution in [0.1, 0.15) is 130 Å². The van der Waals surface area contributed by atoms with E-state index in [4.69, 9.17) is 9.72 Å². The molecule has 2 aromatic carbocycles. The maximum Gasteiger partial charge on any atom is 0.255 e. The zero-order valence-electron chi connectivity index (χ0n) is 38.8. The van der Waals surface area contributed by atoms with Gasteiger partial charge in [-0.2, -0.15) is 4.98 Å². The molecule has 0 bridgehead atoms. The van der Waals surface area contributed by atoms with E-state index in [1.807, 2.05) is 49.1 Å². The molecule has 2 aromatic heterocycles. The molecule has 3 N–H and O–H groups in total. The fourth-order valence-electron chi connectivity index (χ4n) is 9.85. The number of hydrogen-bond donors (Lipinski definition) is 3. The minimum Gasteiger partial charge on any atom is -0.494 e. The Balaban J connectivity index is 0.766. The number of aryl methyl sites for hydroxylation is 1. The minimum absolute atomic E-state index is 0.0304. The van der Waals surface area contributed by atoms with Crippen molar-refractivity contribution >= 4 is 57.9 Å². The van der Waals surface area contributed by atoms with Gasteiger partial charge in [-0.1, -0.05) is 44.1 Å². The summed E-state index contributed by atoms with van der Waals surface area (Å²) in [7, 11) is 1.63. The smallest absolute Gasteiger partial charge is 0.255 e. The average Bonchev–Trinajstić information content (AvgIpc) is 3.67. The van der Waals surface area contributed by atoms with Crippen LogP contribution in [0, 0.1) is 18.8 Å². The second kappa shape index (κ2) is 21.3. The highest BCUT2D eigenvalue weighted by Gasteiger charge is 2.39. The first-order chi connectivity index (χ1) is 32.5. The van der Waals surface area contributed by atoms with Gasteiger partial charge < -0.3 is 30.1 Å². The molecule has 4 aromatic rings. The van der Waals surface area contributed by atoms with Crippen molar-refractivity contribution in [3.8, 4) is 17.6 Å². The van der Waals surface area contributed by atoms with Gasteiger partial charge in [0.15, 0.2) is 0 Å². The van der Waals surface area contributed by atoms with Crippen molar-refractivity contribution < 1.29 is 28.7 Å². The molecule has 1 atom stereocenters. The lowest BCUT2D eigenvalue weighted by molar-refractivity contribution is -0.137. The summed E-state index contributed by atoms with van der Waals surface area (Å²) in [6.45, 7) is 6.77. The van der Waals surface area contributed by atoms with Crippen LogP contribution < -0.4 is 31.1 Å². The van der Waals surface area contributed by atoms with Crippen LogP contribution in [0.3, 0.4) is 0 Å². The van der Waals surface area contributed by atoms with Gasteiger partial charge in [0, 0.05) is 111 Å². The van der Waals surface area contributed by atoms with Gasteiger partial charge >= 0.3 is 0 Å². The van der Waals surface area contributed by atoms with Gasteiger partial charge in [0.05, 0.1) is 12.8 Å². The van der Waals surface area contributed by atoms with Gasteiger partial charge in [0.2, 0.25) is 29.6 Å². The molecule has 16 heteroatoms. The summed E-state index contributed by atoms with van der Waals surface area (Å²) in [4.78, 5) is 91.0. The molecule has 16 nitrogen and oxygen atoms in total. The number of fused-ring (bicyclic) bond motifs is 2. The fourth-order valence-corrected chi connectivity index (χ4v) is 9.85. The Morgan fingerprint density at radius 3 is 2.46 bits per heavy atom. The van der Waals surface area contributed by atoms with Crippen molar-refractivity contribution in [2.24, 2.45) is 0 Å². The largest absolute Gasteiger partial charge is 0.494 e.